The average Bonchev–Trinajstić information content (AvgIpc) is 3.29. The molecule has 1 aliphatic carbocycles. The fourth-order valence-electron chi connectivity index (χ4n) is 3.31. The van der Waals surface area contributed by atoms with Gasteiger partial charge in [-0.3, -0.25) is 4.79 Å². The van der Waals surface area contributed by atoms with Crippen LogP contribution in [0.25, 0.3) is 0 Å². The number of likely N-dealkylation sites (tertiary alicyclic amines) is 1. The van der Waals surface area contributed by atoms with E-state index in [1.54, 1.807) is 0 Å². The number of rotatable bonds is 8. The van der Waals surface area contributed by atoms with Gasteiger partial charge in [-0.05, 0) is 51.0 Å². The van der Waals surface area contributed by atoms with Gasteiger partial charge in [-0.2, -0.15) is 0 Å². The zero-order chi connectivity index (χ0) is 14.4. The summed E-state index contributed by atoms with van der Waals surface area (Å²) in [6.45, 7) is 7.50. The Morgan fingerprint density at radius 2 is 1.70 bits per heavy atom. The second-order valence-corrected chi connectivity index (χ2v) is 6.73. The van der Waals surface area contributed by atoms with Gasteiger partial charge in [0.2, 0.25) is 5.91 Å². The predicted octanol–water partition coefficient (Wildman–Crippen LogP) is 3.19. The molecule has 2 aliphatic rings. The van der Waals surface area contributed by atoms with Gasteiger partial charge in [0.1, 0.15) is 0 Å². The van der Waals surface area contributed by atoms with Gasteiger partial charge >= 0.3 is 0 Å². The summed E-state index contributed by atoms with van der Waals surface area (Å²) in [4.78, 5) is 14.7. The third-order valence-electron chi connectivity index (χ3n) is 4.82. The molecule has 2 rings (SSSR count). The Morgan fingerprint density at radius 1 is 1.10 bits per heavy atom. The molecule has 0 unspecified atom stereocenters. The average molecular weight is 280 g/mol. The molecule has 0 aromatic carbocycles. The quantitative estimate of drug-likeness (QED) is 0.740. The number of carbonyl (C=O) groups excluding carboxylic acids is 1. The molecule has 116 valence electrons. The molecule has 1 N–H and O–H groups in total. The van der Waals surface area contributed by atoms with Gasteiger partial charge in [0.05, 0.1) is 0 Å². The lowest BCUT2D eigenvalue weighted by Gasteiger charge is -2.34. The van der Waals surface area contributed by atoms with Crippen LogP contribution < -0.4 is 5.32 Å². The first-order valence-corrected chi connectivity index (χ1v) is 8.76. The molecular weight excluding hydrogens is 248 g/mol. The molecule has 0 aromatic heterocycles. The molecule has 0 radical (unpaired) electrons. The van der Waals surface area contributed by atoms with Crippen LogP contribution in [0.4, 0.5) is 0 Å². The van der Waals surface area contributed by atoms with E-state index < -0.39 is 0 Å². The smallest absolute Gasteiger partial charge is 0.225 e. The number of nitrogens with zero attached hydrogens (tertiary/aromatic N) is 1. The topological polar surface area (TPSA) is 32.3 Å². The third kappa shape index (κ3) is 4.76. The zero-order valence-corrected chi connectivity index (χ0v) is 13.4. The highest BCUT2D eigenvalue weighted by atomic mass is 16.2. The number of nitrogens with one attached hydrogen (secondary N) is 1. The van der Waals surface area contributed by atoms with Crippen molar-refractivity contribution in [1.29, 1.82) is 0 Å². The lowest BCUT2D eigenvalue weighted by atomic mass is 9.95. The number of piperidine rings is 1. The molecule has 0 aromatic rings. The lowest BCUT2D eigenvalue weighted by Crippen LogP contribution is -2.47. The molecule has 1 saturated carbocycles. The molecule has 1 amide bonds. The Bertz CT molecular complexity index is 287. The Morgan fingerprint density at radius 3 is 2.20 bits per heavy atom. The highest BCUT2D eigenvalue weighted by Gasteiger charge is 2.28. The monoisotopic (exact) mass is 280 g/mol. The summed E-state index contributed by atoms with van der Waals surface area (Å²) in [5.74, 6) is 1.66. The SMILES string of the molecule is CCCC(CCC)C(=O)N1CCC(NCC2CC2)CC1. The van der Waals surface area contributed by atoms with Gasteiger partial charge in [0.15, 0.2) is 0 Å². The maximum atomic E-state index is 12.6. The van der Waals surface area contributed by atoms with Gasteiger partial charge < -0.3 is 10.2 Å². The van der Waals surface area contributed by atoms with E-state index in [9.17, 15) is 4.79 Å². The first-order chi connectivity index (χ1) is 9.74. The van der Waals surface area contributed by atoms with Crippen molar-refractivity contribution < 1.29 is 4.79 Å². The van der Waals surface area contributed by atoms with Crippen molar-refractivity contribution in [2.75, 3.05) is 19.6 Å². The minimum absolute atomic E-state index is 0.279. The van der Waals surface area contributed by atoms with Crippen molar-refractivity contribution in [2.45, 2.75) is 71.3 Å². The molecule has 3 nitrogen and oxygen atoms in total. The first kappa shape index (κ1) is 15.8. The molecule has 3 heteroatoms. The predicted molar refractivity (Wildman–Crippen MR) is 83.6 cm³/mol. The molecule has 1 saturated heterocycles. The van der Waals surface area contributed by atoms with Crippen LogP contribution in [0.3, 0.4) is 0 Å². The van der Waals surface area contributed by atoms with E-state index in [0.29, 0.717) is 11.9 Å². The van der Waals surface area contributed by atoms with E-state index in [2.05, 4.69) is 24.1 Å². The Hall–Kier alpha value is -0.570. The third-order valence-corrected chi connectivity index (χ3v) is 4.82. The molecular formula is C17H32N2O. The van der Waals surface area contributed by atoms with Crippen molar-refractivity contribution in [2.24, 2.45) is 11.8 Å². The van der Waals surface area contributed by atoms with Crippen molar-refractivity contribution >= 4 is 5.91 Å². The normalized spacial score (nSPS) is 20.6. The summed E-state index contributed by atoms with van der Waals surface area (Å²) in [7, 11) is 0. The van der Waals surface area contributed by atoms with E-state index in [0.717, 1.165) is 57.5 Å². The van der Waals surface area contributed by atoms with E-state index in [4.69, 9.17) is 0 Å². The minimum atomic E-state index is 0.279. The van der Waals surface area contributed by atoms with E-state index in [-0.39, 0.29) is 5.92 Å². The number of amides is 1. The number of hydrogen-bond donors (Lipinski definition) is 1. The summed E-state index contributed by atoms with van der Waals surface area (Å²) in [6.07, 6.45) is 9.48. The molecule has 2 fully saturated rings. The van der Waals surface area contributed by atoms with Gasteiger partial charge in [-0.15, -0.1) is 0 Å². The maximum Gasteiger partial charge on any atom is 0.225 e. The standard InChI is InChI=1S/C17H32N2O/c1-3-5-15(6-4-2)17(20)19-11-9-16(10-12-19)18-13-14-7-8-14/h14-16,18H,3-13H2,1-2H3. The Balaban J connectivity index is 1.71. The van der Waals surface area contributed by atoms with E-state index in [1.165, 1.54) is 19.4 Å². The second-order valence-electron chi connectivity index (χ2n) is 6.73. The van der Waals surface area contributed by atoms with Gasteiger partial charge in [0.25, 0.3) is 0 Å². The molecule has 0 spiro atoms. The molecule has 0 atom stereocenters. The first-order valence-electron chi connectivity index (χ1n) is 8.76. The van der Waals surface area contributed by atoms with Crippen LogP contribution in [0.2, 0.25) is 0 Å². The molecule has 1 heterocycles. The fourth-order valence-corrected chi connectivity index (χ4v) is 3.31. The summed E-state index contributed by atoms with van der Waals surface area (Å²) >= 11 is 0. The fraction of sp³-hybridized carbons (Fsp3) is 0.941. The van der Waals surface area contributed by atoms with Crippen molar-refractivity contribution in [3.63, 3.8) is 0 Å². The Kier molecular flexibility index (Phi) is 6.34. The molecule has 20 heavy (non-hydrogen) atoms. The van der Waals surface area contributed by atoms with Crippen LogP contribution in [-0.2, 0) is 4.79 Å². The molecule has 0 bridgehead atoms. The summed E-state index contributed by atoms with van der Waals surface area (Å²) in [5.41, 5.74) is 0. The van der Waals surface area contributed by atoms with Crippen LogP contribution >= 0.6 is 0 Å². The lowest BCUT2D eigenvalue weighted by molar-refractivity contribution is -0.137. The largest absolute Gasteiger partial charge is 0.342 e. The number of carbonyl (C=O) groups is 1. The zero-order valence-electron chi connectivity index (χ0n) is 13.4. The van der Waals surface area contributed by atoms with Gasteiger partial charge in [-0.25, -0.2) is 0 Å². The molecule has 1 aliphatic heterocycles. The number of hydrogen-bond acceptors (Lipinski definition) is 2. The maximum absolute atomic E-state index is 12.6. The highest BCUT2D eigenvalue weighted by molar-refractivity contribution is 5.78. The summed E-state index contributed by atoms with van der Waals surface area (Å²) in [6, 6.07) is 0.649. The van der Waals surface area contributed by atoms with E-state index >= 15 is 0 Å². The van der Waals surface area contributed by atoms with Crippen LogP contribution in [0, 0.1) is 11.8 Å². The van der Waals surface area contributed by atoms with Gasteiger partial charge in [-0.1, -0.05) is 26.7 Å². The van der Waals surface area contributed by atoms with E-state index in [1.807, 2.05) is 0 Å². The summed E-state index contributed by atoms with van der Waals surface area (Å²) < 4.78 is 0. The van der Waals surface area contributed by atoms with Crippen LogP contribution in [0.5, 0.6) is 0 Å². The van der Waals surface area contributed by atoms with Crippen LogP contribution in [0.15, 0.2) is 0 Å². The Labute approximate surface area is 124 Å². The summed E-state index contributed by atoms with van der Waals surface area (Å²) in [5, 5.41) is 3.68. The van der Waals surface area contributed by atoms with Gasteiger partial charge in [0, 0.05) is 25.0 Å². The van der Waals surface area contributed by atoms with Crippen molar-refractivity contribution in [3.05, 3.63) is 0 Å². The minimum Gasteiger partial charge on any atom is -0.342 e. The van der Waals surface area contributed by atoms with Crippen molar-refractivity contribution in [1.82, 2.24) is 10.2 Å². The van der Waals surface area contributed by atoms with Crippen LogP contribution in [-0.4, -0.2) is 36.5 Å². The van der Waals surface area contributed by atoms with Crippen molar-refractivity contribution in [3.8, 4) is 0 Å². The van der Waals surface area contributed by atoms with Crippen LogP contribution in [0.1, 0.15) is 65.2 Å². The highest BCUT2D eigenvalue weighted by Crippen LogP contribution is 2.28. The second kappa shape index (κ2) is 8.02.